The van der Waals surface area contributed by atoms with E-state index in [2.05, 4.69) is 0 Å². The molecule has 4 aliphatic rings. The van der Waals surface area contributed by atoms with Crippen LogP contribution in [-0.4, -0.2) is 40.5 Å². The highest BCUT2D eigenvalue weighted by Crippen LogP contribution is 2.71. The van der Waals surface area contributed by atoms with E-state index in [0.29, 0.717) is 32.1 Å². The van der Waals surface area contributed by atoms with Gasteiger partial charge in [0.25, 0.3) is 0 Å². The number of halogens is 2. The number of alkyl halides is 2. The lowest BCUT2D eigenvalue weighted by Gasteiger charge is -2.60. The van der Waals surface area contributed by atoms with Crippen molar-refractivity contribution in [2.45, 2.75) is 90.3 Å². The van der Waals surface area contributed by atoms with Crippen LogP contribution < -0.4 is 0 Å². The Morgan fingerprint density at radius 1 is 1.21 bits per heavy atom. The van der Waals surface area contributed by atoms with E-state index in [-0.39, 0.29) is 42.8 Å². The first-order valence-corrected chi connectivity index (χ1v) is 12.7. The summed E-state index contributed by atoms with van der Waals surface area (Å²) >= 11 is 6.03. The standard InChI is InChI=1S/C26H34ClFO5/c1-5-6-22(32)33-26(21(31)14-27)15(2)11-19-18-8-7-16-12-17(29)9-10-23(16,3)25(18,28)20(30)13-24(19,26)4/h12,15,18-19H,5-11,13-14H2,1-4H3/t15-,18-,19-,23-,24-,25-,26+/m0/s1. The molecule has 33 heavy (non-hydrogen) atoms. The third-order valence-corrected chi connectivity index (χ3v) is 9.85. The average Bonchev–Trinajstić information content (AvgIpc) is 2.97. The minimum absolute atomic E-state index is 0.0123. The van der Waals surface area contributed by atoms with Gasteiger partial charge in [0.1, 0.15) is 0 Å². The Morgan fingerprint density at radius 2 is 1.91 bits per heavy atom. The zero-order valence-electron chi connectivity index (χ0n) is 20.0. The molecule has 0 bridgehead atoms. The van der Waals surface area contributed by atoms with Crippen LogP contribution in [0.1, 0.15) is 79.1 Å². The van der Waals surface area contributed by atoms with Crippen molar-refractivity contribution in [2.24, 2.45) is 28.6 Å². The van der Waals surface area contributed by atoms with E-state index in [9.17, 15) is 19.2 Å². The molecule has 0 aliphatic heterocycles. The van der Waals surface area contributed by atoms with Crippen molar-refractivity contribution in [1.29, 1.82) is 0 Å². The van der Waals surface area contributed by atoms with Crippen LogP contribution in [0, 0.1) is 28.6 Å². The molecule has 182 valence electrons. The van der Waals surface area contributed by atoms with Gasteiger partial charge in [-0.3, -0.25) is 19.2 Å². The van der Waals surface area contributed by atoms with Crippen LogP contribution in [0.2, 0.25) is 0 Å². The molecule has 7 atom stereocenters. The summed E-state index contributed by atoms with van der Waals surface area (Å²) < 4.78 is 23.2. The summed E-state index contributed by atoms with van der Waals surface area (Å²) in [6, 6.07) is 0. The predicted octanol–water partition coefficient (Wildman–Crippen LogP) is 4.93. The molecule has 4 aliphatic carbocycles. The Morgan fingerprint density at radius 3 is 2.55 bits per heavy atom. The number of allylic oxidation sites excluding steroid dienone is 1. The summed E-state index contributed by atoms with van der Waals surface area (Å²) in [4.78, 5) is 51.9. The highest BCUT2D eigenvalue weighted by molar-refractivity contribution is 6.29. The van der Waals surface area contributed by atoms with Crippen molar-refractivity contribution in [3.63, 3.8) is 0 Å². The Labute approximate surface area is 199 Å². The van der Waals surface area contributed by atoms with Crippen LogP contribution in [0.3, 0.4) is 0 Å². The molecule has 0 aromatic heterocycles. The summed E-state index contributed by atoms with van der Waals surface area (Å²) in [5.74, 6) is -3.07. The summed E-state index contributed by atoms with van der Waals surface area (Å²) in [6.07, 6.45) is 4.10. The molecule has 0 saturated heterocycles. The van der Waals surface area contributed by atoms with Gasteiger partial charge in [-0.25, -0.2) is 4.39 Å². The summed E-state index contributed by atoms with van der Waals surface area (Å²) in [7, 11) is 0. The lowest BCUT2D eigenvalue weighted by Crippen LogP contribution is -2.69. The maximum absolute atomic E-state index is 17.2. The van der Waals surface area contributed by atoms with Gasteiger partial charge in [0.2, 0.25) is 0 Å². The SMILES string of the molecule is CCCC(=O)O[C@@]1(C(=O)CCl)[C@@H](C)C[C@H]2[C@@H]3CCC4=CC(=O)CC[C@]4(C)[C@@]3(F)C(=O)C[C@@]21C. The molecule has 3 fully saturated rings. The van der Waals surface area contributed by atoms with Crippen LogP contribution in [0.25, 0.3) is 0 Å². The van der Waals surface area contributed by atoms with Gasteiger partial charge in [-0.15, -0.1) is 11.6 Å². The van der Waals surface area contributed by atoms with Gasteiger partial charge in [-0.05, 0) is 44.1 Å². The smallest absolute Gasteiger partial charge is 0.306 e. The van der Waals surface area contributed by atoms with E-state index < -0.39 is 45.6 Å². The predicted molar refractivity (Wildman–Crippen MR) is 121 cm³/mol. The van der Waals surface area contributed by atoms with Gasteiger partial charge < -0.3 is 4.74 Å². The van der Waals surface area contributed by atoms with Gasteiger partial charge in [0.05, 0.1) is 5.88 Å². The summed E-state index contributed by atoms with van der Waals surface area (Å²) in [6.45, 7) is 7.31. The lowest BCUT2D eigenvalue weighted by molar-refractivity contribution is -0.203. The van der Waals surface area contributed by atoms with E-state index in [1.807, 2.05) is 20.8 Å². The molecule has 3 saturated carbocycles. The summed E-state index contributed by atoms with van der Waals surface area (Å²) in [5, 5.41) is 0. The van der Waals surface area contributed by atoms with E-state index in [0.717, 1.165) is 5.57 Å². The Kier molecular flexibility index (Phi) is 5.95. The number of esters is 1. The molecule has 0 amide bonds. The molecule has 0 aromatic carbocycles. The zero-order valence-corrected chi connectivity index (χ0v) is 20.7. The molecular formula is C26H34ClFO5. The number of carbonyl (C=O) groups is 4. The van der Waals surface area contributed by atoms with Gasteiger partial charge in [0.15, 0.2) is 28.6 Å². The number of hydrogen-bond acceptors (Lipinski definition) is 5. The Balaban J connectivity index is 1.83. The van der Waals surface area contributed by atoms with Gasteiger partial charge >= 0.3 is 5.97 Å². The molecule has 5 nitrogen and oxygen atoms in total. The van der Waals surface area contributed by atoms with Crippen molar-refractivity contribution in [1.82, 2.24) is 0 Å². The third-order valence-electron chi connectivity index (χ3n) is 9.61. The van der Waals surface area contributed by atoms with Gasteiger partial charge in [0, 0.05) is 41.9 Å². The van der Waals surface area contributed by atoms with Crippen LogP contribution in [0.4, 0.5) is 4.39 Å². The number of rotatable bonds is 5. The van der Waals surface area contributed by atoms with Crippen molar-refractivity contribution >= 4 is 34.9 Å². The highest BCUT2D eigenvalue weighted by atomic mass is 35.5. The van der Waals surface area contributed by atoms with Crippen molar-refractivity contribution in [3.8, 4) is 0 Å². The molecule has 0 N–H and O–H groups in total. The van der Waals surface area contributed by atoms with Gasteiger partial charge in [-0.1, -0.05) is 33.3 Å². The molecule has 0 aromatic rings. The average molecular weight is 481 g/mol. The topological polar surface area (TPSA) is 77.5 Å². The minimum atomic E-state index is -2.10. The number of carbonyl (C=O) groups excluding carboxylic acids is 4. The Bertz CT molecular complexity index is 945. The normalized spacial score (nSPS) is 44.4. The second-order valence-corrected chi connectivity index (χ2v) is 11.4. The number of ether oxygens (including phenoxy) is 1. The van der Waals surface area contributed by atoms with Crippen molar-refractivity contribution in [2.75, 3.05) is 5.88 Å². The third kappa shape index (κ3) is 3.01. The maximum Gasteiger partial charge on any atom is 0.306 e. The fraction of sp³-hybridized carbons (Fsp3) is 0.769. The molecule has 0 spiro atoms. The number of hydrogen-bond donors (Lipinski definition) is 0. The van der Waals surface area contributed by atoms with E-state index in [4.69, 9.17) is 16.3 Å². The molecule has 0 radical (unpaired) electrons. The molecule has 0 heterocycles. The second kappa shape index (κ2) is 8.00. The first kappa shape index (κ1) is 24.6. The monoisotopic (exact) mass is 480 g/mol. The van der Waals surface area contributed by atoms with Crippen LogP contribution >= 0.6 is 11.6 Å². The van der Waals surface area contributed by atoms with Crippen molar-refractivity contribution < 1.29 is 28.3 Å². The number of ketones is 3. The van der Waals surface area contributed by atoms with Gasteiger partial charge in [-0.2, -0.15) is 0 Å². The quantitative estimate of drug-likeness (QED) is 0.412. The highest BCUT2D eigenvalue weighted by Gasteiger charge is 2.77. The molecule has 0 unspecified atom stereocenters. The molecule has 7 heteroatoms. The van der Waals surface area contributed by atoms with Crippen LogP contribution in [0.15, 0.2) is 11.6 Å². The fourth-order valence-corrected chi connectivity index (χ4v) is 8.21. The van der Waals surface area contributed by atoms with Crippen LogP contribution in [0.5, 0.6) is 0 Å². The lowest BCUT2D eigenvalue weighted by atomic mass is 9.44. The number of Topliss-reactive ketones (excluding diaryl/α,β-unsaturated/α-hetero) is 2. The van der Waals surface area contributed by atoms with E-state index in [1.165, 1.54) is 0 Å². The second-order valence-electron chi connectivity index (χ2n) is 11.1. The largest absolute Gasteiger partial charge is 0.450 e. The van der Waals surface area contributed by atoms with Crippen LogP contribution in [-0.2, 0) is 23.9 Å². The first-order valence-electron chi connectivity index (χ1n) is 12.2. The van der Waals surface area contributed by atoms with Crippen molar-refractivity contribution in [3.05, 3.63) is 11.6 Å². The molecule has 4 rings (SSSR count). The zero-order chi connectivity index (χ0) is 24.4. The van der Waals surface area contributed by atoms with E-state index in [1.54, 1.807) is 13.0 Å². The number of fused-ring (bicyclic) bond motifs is 5. The first-order chi connectivity index (χ1) is 15.4. The maximum atomic E-state index is 17.2. The Hall–Kier alpha value is -1.56. The van der Waals surface area contributed by atoms with E-state index >= 15 is 4.39 Å². The minimum Gasteiger partial charge on any atom is -0.450 e. The molecular weight excluding hydrogens is 447 g/mol. The summed E-state index contributed by atoms with van der Waals surface area (Å²) in [5.41, 5.74) is -4.96. The fourth-order valence-electron chi connectivity index (χ4n) is 8.01.